The molecule has 0 amide bonds. The van der Waals surface area contributed by atoms with E-state index >= 15 is 0 Å². The highest BCUT2D eigenvalue weighted by atomic mass is 32.2. The van der Waals surface area contributed by atoms with Crippen molar-refractivity contribution < 1.29 is 0 Å². The number of rotatable bonds is 5. The smallest absolute Gasteiger partial charge is 0.130 e. The zero-order chi connectivity index (χ0) is 13.8. The number of hydrogen-bond donors (Lipinski definition) is 0. The summed E-state index contributed by atoms with van der Waals surface area (Å²) in [5, 5.41) is 2.19. The predicted octanol–water partition coefficient (Wildman–Crippen LogP) is 4.58. The van der Waals surface area contributed by atoms with Crippen LogP contribution in [0.25, 0.3) is 17.0 Å². The van der Waals surface area contributed by atoms with Gasteiger partial charge in [0.15, 0.2) is 0 Å². The second-order valence-corrected chi connectivity index (χ2v) is 5.86. The number of hydrogen-bond acceptors (Lipinski definition) is 3. The SMILES string of the molecule is C=Cc1ccc2nc(CCC(C)C)nc(SC)c2c1. The van der Waals surface area contributed by atoms with Crippen molar-refractivity contribution in [3.63, 3.8) is 0 Å². The van der Waals surface area contributed by atoms with Gasteiger partial charge in [-0.1, -0.05) is 32.6 Å². The number of nitrogens with zero attached hydrogens (tertiary/aromatic N) is 2. The zero-order valence-corrected chi connectivity index (χ0v) is 12.6. The molecule has 0 aliphatic heterocycles. The van der Waals surface area contributed by atoms with Crippen molar-refractivity contribution in [2.24, 2.45) is 5.92 Å². The third kappa shape index (κ3) is 3.35. The van der Waals surface area contributed by atoms with Gasteiger partial charge in [0.25, 0.3) is 0 Å². The van der Waals surface area contributed by atoms with E-state index in [0.717, 1.165) is 40.2 Å². The van der Waals surface area contributed by atoms with Crippen LogP contribution in [0.2, 0.25) is 0 Å². The van der Waals surface area contributed by atoms with E-state index < -0.39 is 0 Å². The quantitative estimate of drug-likeness (QED) is 0.588. The molecule has 1 aromatic heterocycles. The Morgan fingerprint density at radius 1 is 1.32 bits per heavy atom. The summed E-state index contributed by atoms with van der Waals surface area (Å²) in [5.74, 6) is 1.64. The van der Waals surface area contributed by atoms with Gasteiger partial charge in [-0.2, -0.15) is 0 Å². The number of aryl methyl sites for hydroxylation is 1. The zero-order valence-electron chi connectivity index (χ0n) is 11.8. The van der Waals surface area contributed by atoms with Gasteiger partial charge in [-0.25, -0.2) is 9.97 Å². The van der Waals surface area contributed by atoms with Crippen LogP contribution in [-0.2, 0) is 6.42 Å². The Morgan fingerprint density at radius 3 is 2.74 bits per heavy atom. The molecule has 100 valence electrons. The van der Waals surface area contributed by atoms with Crippen LogP contribution in [0.3, 0.4) is 0 Å². The average Bonchev–Trinajstić information content (AvgIpc) is 2.43. The molecule has 3 heteroatoms. The van der Waals surface area contributed by atoms with Crippen molar-refractivity contribution in [3.05, 3.63) is 36.2 Å². The molecule has 1 heterocycles. The summed E-state index contributed by atoms with van der Waals surface area (Å²) in [6, 6.07) is 6.23. The van der Waals surface area contributed by atoms with Gasteiger partial charge < -0.3 is 0 Å². The lowest BCUT2D eigenvalue weighted by Gasteiger charge is -2.08. The molecule has 2 nitrogen and oxygen atoms in total. The van der Waals surface area contributed by atoms with Crippen molar-refractivity contribution in [3.8, 4) is 0 Å². The Labute approximate surface area is 119 Å². The van der Waals surface area contributed by atoms with Crippen molar-refractivity contribution in [1.82, 2.24) is 9.97 Å². The molecule has 0 saturated heterocycles. The van der Waals surface area contributed by atoms with E-state index in [9.17, 15) is 0 Å². The van der Waals surface area contributed by atoms with E-state index in [2.05, 4.69) is 54.8 Å². The summed E-state index contributed by atoms with van der Waals surface area (Å²) >= 11 is 1.68. The first-order chi connectivity index (χ1) is 9.13. The molecule has 1 aromatic carbocycles. The Kier molecular flexibility index (Phi) is 4.59. The molecule has 0 aliphatic carbocycles. The van der Waals surface area contributed by atoms with Gasteiger partial charge in [0.1, 0.15) is 10.9 Å². The molecular formula is C16H20N2S. The molecule has 19 heavy (non-hydrogen) atoms. The summed E-state index contributed by atoms with van der Waals surface area (Å²) in [6.07, 6.45) is 6.00. The van der Waals surface area contributed by atoms with Gasteiger partial charge in [0, 0.05) is 11.8 Å². The standard InChI is InChI=1S/C16H20N2S/c1-5-12-7-8-14-13(10-12)16(19-4)18-15(17-14)9-6-11(2)3/h5,7-8,10-11H,1,6,9H2,2-4H3. The Morgan fingerprint density at radius 2 is 2.11 bits per heavy atom. The fourth-order valence-electron chi connectivity index (χ4n) is 1.98. The van der Waals surface area contributed by atoms with Gasteiger partial charge >= 0.3 is 0 Å². The van der Waals surface area contributed by atoms with E-state index in [1.54, 1.807) is 11.8 Å². The van der Waals surface area contributed by atoms with Gasteiger partial charge in [0.05, 0.1) is 5.52 Å². The van der Waals surface area contributed by atoms with E-state index in [1.165, 1.54) is 0 Å². The first-order valence-electron chi connectivity index (χ1n) is 6.61. The van der Waals surface area contributed by atoms with Gasteiger partial charge in [0.2, 0.25) is 0 Å². The van der Waals surface area contributed by atoms with Gasteiger partial charge in [-0.15, -0.1) is 11.8 Å². The topological polar surface area (TPSA) is 25.8 Å². The molecule has 0 unspecified atom stereocenters. The Hall–Kier alpha value is -1.35. The molecule has 2 aromatic rings. The second kappa shape index (κ2) is 6.20. The summed E-state index contributed by atoms with van der Waals surface area (Å²) in [5.41, 5.74) is 2.14. The minimum atomic E-state index is 0.681. The van der Waals surface area contributed by atoms with Crippen LogP contribution >= 0.6 is 11.8 Å². The lowest BCUT2D eigenvalue weighted by Crippen LogP contribution is -2.00. The molecule has 0 bridgehead atoms. The van der Waals surface area contributed by atoms with Crippen molar-refractivity contribution in [1.29, 1.82) is 0 Å². The van der Waals surface area contributed by atoms with Crippen LogP contribution in [0.4, 0.5) is 0 Å². The van der Waals surface area contributed by atoms with E-state index in [4.69, 9.17) is 0 Å². The summed E-state index contributed by atoms with van der Waals surface area (Å²) in [4.78, 5) is 9.36. The van der Waals surface area contributed by atoms with Crippen molar-refractivity contribution >= 4 is 28.7 Å². The van der Waals surface area contributed by atoms with Gasteiger partial charge in [-0.05, 0) is 36.3 Å². The monoisotopic (exact) mass is 272 g/mol. The highest BCUT2D eigenvalue weighted by Gasteiger charge is 2.08. The van der Waals surface area contributed by atoms with Crippen LogP contribution in [0, 0.1) is 5.92 Å². The van der Waals surface area contributed by atoms with Crippen LogP contribution in [0.1, 0.15) is 31.7 Å². The van der Waals surface area contributed by atoms with Crippen molar-refractivity contribution in [2.45, 2.75) is 31.7 Å². The Bertz CT molecular complexity index is 591. The third-order valence-corrected chi connectivity index (χ3v) is 3.80. The maximum absolute atomic E-state index is 4.68. The van der Waals surface area contributed by atoms with Crippen LogP contribution in [-0.4, -0.2) is 16.2 Å². The molecule has 0 spiro atoms. The molecule has 0 N–H and O–H groups in total. The normalized spacial score (nSPS) is 11.2. The van der Waals surface area contributed by atoms with E-state index in [1.807, 2.05) is 6.08 Å². The molecule has 0 saturated carbocycles. The minimum absolute atomic E-state index is 0.681. The fourth-order valence-corrected chi connectivity index (χ4v) is 2.56. The van der Waals surface area contributed by atoms with Crippen molar-refractivity contribution in [2.75, 3.05) is 6.26 Å². The number of thioether (sulfide) groups is 1. The van der Waals surface area contributed by atoms with Crippen LogP contribution in [0.15, 0.2) is 29.8 Å². The van der Waals surface area contributed by atoms with Crippen LogP contribution < -0.4 is 0 Å². The summed E-state index contributed by atoms with van der Waals surface area (Å²) < 4.78 is 0. The largest absolute Gasteiger partial charge is 0.233 e. The first kappa shape index (κ1) is 14.1. The third-order valence-electron chi connectivity index (χ3n) is 3.11. The summed E-state index contributed by atoms with van der Waals surface area (Å²) in [6.45, 7) is 8.27. The fraction of sp³-hybridized carbons (Fsp3) is 0.375. The summed E-state index contributed by atoms with van der Waals surface area (Å²) in [7, 11) is 0. The highest BCUT2D eigenvalue weighted by Crippen LogP contribution is 2.25. The first-order valence-corrected chi connectivity index (χ1v) is 7.83. The second-order valence-electron chi connectivity index (χ2n) is 5.06. The molecule has 0 radical (unpaired) electrons. The molecule has 2 rings (SSSR count). The number of fused-ring (bicyclic) bond motifs is 1. The maximum Gasteiger partial charge on any atom is 0.130 e. The molecule has 0 fully saturated rings. The predicted molar refractivity (Wildman–Crippen MR) is 84.6 cm³/mol. The maximum atomic E-state index is 4.68. The molecular weight excluding hydrogens is 252 g/mol. The Balaban J connectivity index is 2.45. The number of benzene rings is 1. The van der Waals surface area contributed by atoms with E-state index in [-0.39, 0.29) is 0 Å². The minimum Gasteiger partial charge on any atom is -0.233 e. The number of aromatic nitrogens is 2. The lowest BCUT2D eigenvalue weighted by atomic mass is 10.1. The molecule has 0 atom stereocenters. The average molecular weight is 272 g/mol. The van der Waals surface area contributed by atoms with Gasteiger partial charge in [-0.3, -0.25) is 0 Å². The lowest BCUT2D eigenvalue weighted by molar-refractivity contribution is 0.574. The highest BCUT2D eigenvalue weighted by molar-refractivity contribution is 7.98. The van der Waals surface area contributed by atoms with Crippen LogP contribution in [0.5, 0.6) is 0 Å². The molecule has 0 aliphatic rings. The van der Waals surface area contributed by atoms with E-state index in [0.29, 0.717) is 5.92 Å².